The van der Waals surface area contributed by atoms with Gasteiger partial charge in [0, 0.05) is 12.5 Å². The van der Waals surface area contributed by atoms with Crippen LogP contribution in [0.25, 0.3) is 5.69 Å². The minimum Gasteiger partial charge on any atom is -0.359 e. The van der Waals surface area contributed by atoms with Crippen LogP contribution in [0.5, 0.6) is 0 Å². The van der Waals surface area contributed by atoms with Gasteiger partial charge in [0.05, 0.1) is 0 Å². The van der Waals surface area contributed by atoms with E-state index in [1.165, 1.54) is 0 Å². The summed E-state index contributed by atoms with van der Waals surface area (Å²) in [7, 11) is 2.09. The maximum Gasteiger partial charge on any atom is 0.348 e. The topological polar surface area (TPSA) is 80.0 Å². The molecule has 20 heavy (non-hydrogen) atoms. The molecule has 0 amide bonds. The lowest BCUT2D eigenvalue weighted by atomic mass is 9.97. The van der Waals surface area contributed by atoms with Gasteiger partial charge in [-0.25, -0.2) is 14.5 Å². The average Bonchev–Trinajstić information content (AvgIpc) is 2.93. The molecule has 0 saturated carbocycles. The van der Waals surface area contributed by atoms with Gasteiger partial charge in [-0.05, 0) is 40.3 Å². The van der Waals surface area contributed by atoms with Crippen molar-refractivity contribution in [2.45, 2.75) is 32.6 Å². The molecule has 3 rings (SSSR count). The Kier molecular flexibility index (Phi) is 3.21. The first kappa shape index (κ1) is 13.1. The van der Waals surface area contributed by atoms with Gasteiger partial charge in [0.1, 0.15) is 17.2 Å². The molecule has 7 nitrogen and oxygen atoms in total. The molecule has 0 aromatic carbocycles. The van der Waals surface area contributed by atoms with E-state index in [4.69, 9.17) is 4.52 Å². The molecular weight excluding hydrogens is 258 g/mol. The van der Waals surface area contributed by atoms with Crippen LogP contribution in [-0.4, -0.2) is 45.0 Å². The highest BCUT2D eigenvalue weighted by Gasteiger charge is 2.27. The number of nitrogens with one attached hydrogen (secondary N) is 1. The quantitative estimate of drug-likeness (QED) is 0.885. The molecule has 0 bridgehead atoms. The van der Waals surface area contributed by atoms with Crippen LogP contribution in [0.2, 0.25) is 0 Å². The lowest BCUT2D eigenvalue weighted by molar-refractivity contribution is 0.244. The second kappa shape index (κ2) is 4.90. The predicted molar refractivity (Wildman–Crippen MR) is 73.2 cm³/mol. The van der Waals surface area contributed by atoms with Crippen molar-refractivity contribution in [3.05, 3.63) is 27.8 Å². The molecule has 0 aliphatic carbocycles. The molecule has 108 valence electrons. The Balaban J connectivity index is 2.08. The summed E-state index contributed by atoms with van der Waals surface area (Å²) in [6.45, 7) is 5.65. The second-order valence-corrected chi connectivity index (χ2v) is 5.50. The average molecular weight is 277 g/mol. The van der Waals surface area contributed by atoms with E-state index in [2.05, 4.69) is 27.3 Å². The second-order valence-electron chi connectivity index (χ2n) is 5.50. The standard InChI is InChI=1S/C13H19N5O2/c1-8-11(9(2)20-16-8)18-12(14-15-13(18)19)10-5-4-6-17(3)7-10/h10H,4-7H2,1-3H3,(H,15,19). The summed E-state index contributed by atoms with van der Waals surface area (Å²) in [6, 6.07) is 0. The molecule has 1 aliphatic heterocycles. The van der Waals surface area contributed by atoms with Crippen LogP contribution in [-0.2, 0) is 0 Å². The molecular formula is C13H19N5O2. The summed E-state index contributed by atoms with van der Waals surface area (Å²) in [4.78, 5) is 14.4. The summed E-state index contributed by atoms with van der Waals surface area (Å²) in [5.41, 5.74) is 1.19. The van der Waals surface area contributed by atoms with Crippen molar-refractivity contribution in [1.82, 2.24) is 24.8 Å². The highest BCUT2D eigenvalue weighted by atomic mass is 16.5. The molecule has 1 unspecified atom stereocenters. The van der Waals surface area contributed by atoms with Gasteiger partial charge in [-0.15, -0.1) is 0 Å². The Hall–Kier alpha value is -1.89. The third kappa shape index (κ3) is 2.07. The number of piperidine rings is 1. The Labute approximate surface area is 116 Å². The number of rotatable bonds is 2. The van der Waals surface area contributed by atoms with Gasteiger partial charge >= 0.3 is 5.69 Å². The number of hydrogen-bond donors (Lipinski definition) is 1. The molecule has 2 aromatic rings. The lowest BCUT2D eigenvalue weighted by Gasteiger charge is -2.28. The van der Waals surface area contributed by atoms with Crippen molar-refractivity contribution in [3.8, 4) is 5.69 Å². The molecule has 1 atom stereocenters. The molecule has 7 heteroatoms. The number of nitrogens with zero attached hydrogens (tertiary/aromatic N) is 4. The molecule has 0 radical (unpaired) electrons. The number of likely N-dealkylation sites (N-methyl/N-ethyl adjacent to an activating group) is 1. The molecule has 1 aliphatic rings. The van der Waals surface area contributed by atoms with Crippen molar-refractivity contribution in [2.24, 2.45) is 0 Å². The number of aromatic amines is 1. The maximum atomic E-state index is 12.1. The SMILES string of the molecule is Cc1noc(C)c1-n1c(C2CCCN(C)C2)n[nH]c1=O. The Morgan fingerprint density at radius 3 is 2.85 bits per heavy atom. The van der Waals surface area contributed by atoms with Crippen molar-refractivity contribution >= 4 is 0 Å². The van der Waals surface area contributed by atoms with Gasteiger partial charge < -0.3 is 9.42 Å². The van der Waals surface area contributed by atoms with Crippen molar-refractivity contribution in [1.29, 1.82) is 0 Å². The highest BCUT2D eigenvalue weighted by molar-refractivity contribution is 5.39. The molecule has 2 aromatic heterocycles. The third-order valence-electron chi connectivity index (χ3n) is 3.91. The summed E-state index contributed by atoms with van der Waals surface area (Å²) in [6.07, 6.45) is 2.15. The first-order chi connectivity index (χ1) is 9.58. The van der Waals surface area contributed by atoms with E-state index in [1.807, 2.05) is 13.8 Å². The van der Waals surface area contributed by atoms with E-state index < -0.39 is 0 Å². The van der Waals surface area contributed by atoms with Crippen LogP contribution < -0.4 is 5.69 Å². The fraction of sp³-hybridized carbons (Fsp3) is 0.615. The van der Waals surface area contributed by atoms with Crippen LogP contribution in [0.15, 0.2) is 9.32 Å². The Morgan fingerprint density at radius 1 is 1.40 bits per heavy atom. The minimum atomic E-state index is -0.234. The monoisotopic (exact) mass is 277 g/mol. The Bertz CT molecular complexity index is 649. The third-order valence-corrected chi connectivity index (χ3v) is 3.91. The number of aryl methyl sites for hydroxylation is 2. The number of likely N-dealkylation sites (tertiary alicyclic amines) is 1. The smallest absolute Gasteiger partial charge is 0.348 e. The highest BCUT2D eigenvalue weighted by Crippen LogP contribution is 2.27. The van der Waals surface area contributed by atoms with E-state index in [0.29, 0.717) is 17.1 Å². The molecule has 3 heterocycles. The largest absolute Gasteiger partial charge is 0.359 e. The first-order valence-electron chi connectivity index (χ1n) is 6.87. The Morgan fingerprint density at radius 2 is 2.20 bits per heavy atom. The normalized spacial score (nSPS) is 20.4. The van der Waals surface area contributed by atoms with Gasteiger partial charge in [-0.3, -0.25) is 0 Å². The fourth-order valence-corrected chi connectivity index (χ4v) is 2.97. The van der Waals surface area contributed by atoms with Crippen molar-refractivity contribution < 1.29 is 4.52 Å². The van der Waals surface area contributed by atoms with Crippen molar-refractivity contribution in [3.63, 3.8) is 0 Å². The van der Waals surface area contributed by atoms with Crippen LogP contribution in [0.1, 0.15) is 36.0 Å². The van der Waals surface area contributed by atoms with Gasteiger partial charge in [0.25, 0.3) is 0 Å². The summed E-state index contributed by atoms with van der Waals surface area (Å²) < 4.78 is 6.79. The van der Waals surface area contributed by atoms with Gasteiger partial charge in [0.15, 0.2) is 5.76 Å². The zero-order valence-electron chi connectivity index (χ0n) is 12.0. The van der Waals surface area contributed by atoms with E-state index in [-0.39, 0.29) is 11.6 Å². The number of H-pyrrole nitrogens is 1. The van der Waals surface area contributed by atoms with Crippen LogP contribution in [0.4, 0.5) is 0 Å². The van der Waals surface area contributed by atoms with Gasteiger partial charge in [0.2, 0.25) is 0 Å². The number of hydrogen-bond acceptors (Lipinski definition) is 5. The van der Waals surface area contributed by atoms with E-state index in [1.54, 1.807) is 4.57 Å². The molecule has 1 fully saturated rings. The fourth-order valence-electron chi connectivity index (χ4n) is 2.97. The van der Waals surface area contributed by atoms with Gasteiger partial charge in [-0.2, -0.15) is 5.10 Å². The zero-order chi connectivity index (χ0) is 14.3. The number of aromatic nitrogens is 4. The molecule has 0 spiro atoms. The maximum absolute atomic E-state index is 12.1. The zero-order valence-corrected chi connectivity index (χ0v) is 12.0. The van der Waals surface area contributed by atoms with Crippen LogP contribution in [0.3, 0.4) is 0 Å². The predicted octanol–water partition coefficient (Wildman–Crippen LogP) is 0.975. The molecule has 1 N–H and O–H groups in total. The van der Waals surface area contributed by atoms with Crippen LogP contribution in [0, 0.1) is 13.8 Å². The van der Waals surface area contributed by atoms with Gasteiger partial charge in [-0.1, -0.05) is 5.16 Å². The first-order valence-corrected chi connectivity index (χ1v) is 6.87. The summed E-state index contributed by atoms with van der Waals surface area (Å²) in [5.74, 6) is 1.66. The molecule has 1 saturated heterocycles. The summed E-state index contributed by atoms with van der Waals surface area (Å²) >= 11 is 0. The lowest BCUT2D eigenvalue weighted by Crippen LogP contribution is -2.33. The van der Waals surface area contributed by atoms with Crippen molar-refractivity contribution in [2.75, 3.05) is 20.1 Å². The summed E-state index contributed by atoms with van der Waals surface area (Å²) in [5, 5.41) is 10.7. The van der Waals surface area contributed by atoms with E-state index in [0.717, 1.165) is 31.8 Å². The van der Waals surface area contributed by atoms with Crippen LogP contribution >= 0.6 is 0 Å². The minimum absolute atomic E-state index is 0.234. The van der Waals surface area contributed by atoms with E-state index >= 15 is 0 Å². The van der Waals surface area contributed by atoms with E-state index in [9.17, 15) is 4.79 Å².